The minimum absolute atomic E-state index is 0.424. The number of hydrogen-bond acceptors (Lipinski definition) is 3. The summed E-state index contributed by atoms with van der Waals surface area (Å²) >= 11 is 0. The molecular formula is C10H19N3O4. The third-order valence-corrected chi connectivity index (χ3v) is 2.02. The predicted octanol–water partition coefficient (Wildman–Crippen LogP) is -0.340. The normalized spacial score (nSPS) is 11.9. The van der Waals surface area contributed by atoms with E-state index in [1.807, 2.05) is 13.8 Å². The fourth-order valence-corrected chi connectivity index (χ4v) is 1.08. The SMILES string of the molecule is CC(C)CCNC(=O)N[C@@H](CC(N)=O)C(=O)O. The van der Waals surface area contributed by atoms with Crippen molar-refractivity contribution in [3.05, 3.63) is 0 Å². The topological polar surface area (TPSA) is 122 Å². The summed E-state index contributed by atoms with van der Waals surface area (Å²) in [5, 5.41) is 13.4. The Hall–Kier alpha value is -1.79. The van der Waals surface area contributed by atoms with E-state index in [0.717, 1.165) is 6.42 Å². The number of carbonyl (C=O) groups is 3. The molecule has 7 heteroatoms. The Morgan fingerprint density at radius 3 is 2.29 bits per heavy atom. The molecule has 0 rings (SSSR count). The van der Waals surface area contributed by atoms with E-state index in [4.69, 9.17) is 10.8 Å². The Labute approximate surface area is 99.7 Å². The second kappa shape index (κ2) is 7.48. The predicted molar refractivity (Wildman–Crippen MR) is 61.2 cm³/mol. The molecule has 0 spiro atoms. The summed E-state index contributed by atoms with van der Waals surface area (Å²) in [4.78, 5) is 32.6. The van der Waals surface area contributed by atoms with Gasteiger partial charge in [-0.05, 0) is 12.3 Å². The van der Waals surface area contributed by atoms with Gasteiger partial charge in [0.2, 0.25) is 5.91 Å². The summed E-state index contributed by atoms with van der Waals surface area (Å²) in [6.07, 6.45) is 0.369. The number of urea groups is 1. The lowest BCUT2D eigenvalue weighted by Gasteiger charge is -2.14. The number of amides is 3. The molecule has 0 saturated carbocycles. The fraction of sp³-hybridized carbons (Fsp3) is 0.700. The first-order chi connectivity index (χ1) is 7.82. The minimum atomic E-state index is -1.29. The molecule has 0 radical (unpaired) electrons. The number of carbonyl (C=O) groups excluding carboxylic acids is 2. The van der Waals surface area contributed by atoms with Gasteiger partial charge in [-0.3, -0.25) is 4.79 Å². The van der Waals surface area contributed by atoms with Crippen molar-refractivity contribution < 1.29 is 19.5 Å². The maximum atomic E-state index is 11.3. The fourth-order valence-electron chi connectivity index (χ4n) is 1.08. The number of nitrogens with two attached hydrogens (primary N) is 1. The molecule has 0 heterocycles. The van der Waals surface area contributed by atoms with Crippen LogP contribution in [0.2, 0.25) is 0 Å². The van der Waals surface area contributed by atoms with Crippen molar-refractivity contribution in [1.82, 2.24) is 10.6 Å². The van der Waals surface area contributed by atoms with Crippen molar-refractivity contribution in [3.63, 3.8) is 0 Å². The molecule has 0 aromatic rings. The number of primary amides is 1. The molecule has 0 bridgehead atoms. The molecule has 7 nitrogen and oxygen atoms in total. The molecular weight excluding hydrogens is 226 g/mol. The summed E-state index contributed by atoms with van der Waals surface area (Å²) in [7, 11) is 0. The third kappa shape index (κ3) is 8.06. The molecule has 3 amide bonds. The van der Waals surface area contributed by atoms with Crippen molar-refractivity contribution in [2.75, 3.05) is 6.54 Å². The summed E-state index contributed by atoms with van der Waals surface area (Å²) in [5.74, 6) is -1.63. The van der Waals surface area contributed by atoms with E-state index in [2.05, 4.69) is 10.6 Å². The van der Waals surface area contributed by atoms with Crippen LogP contribution in [0.5, 0.6) is 0 Å². The van der Waals surface area contributed by atoms with Crippen LogP contribution in [0.3, 0.4) is 0 Å². The third-order valence-electron chi connectivity index (χ3n) is 2.02. The highest BCUT2D eigenvalue weighted by molar-refractivity contribution is 5.87. The van der Waals surface area contributed by atoms with E-state index in [0.29, 0.717) is 12.5 Å². The van der Waals surface area contributed by atoms with Crippen molar-refractivity contribution in [2.45, 2.75) is 32.7 Å². The first-order valence-electron chi connectivity index (χ1n) is 5.38. The van der Waals surface area contributed by atoms with Crippen LogP contribution in [-0.2, 0) is 9.59 Å². The first-order valence-corrected chi connectivity index (χ1v) is 5.38. The van der Waals surface area contributed by atoms with Crippen molar-refractivity contribution in [1.29, 1.82) is 0 Å². The zero-order valence-corrected chi connectivity index (χ0v) is 10.0. The van der Waals surface area contributed by atoms with E-state index >= 15 is 0 Å². The van der Waals surface area contributed by atoms with Crippen molar-refractivity contribution >= 4 is 17.9 Å². The van der Waals surface area contributed by atoms with E-state index in [-0.39, 0.29) is 0 Å². The minimum Gasteiger partial charge on any atom is -0.480 e. The van der Waals surface area contributed by atoms with Crippen LogP contribution in [0.4, 0.5) is 4.79 Å². The maximum absolute atomic E-state index is 11.3. The lowest BCUT2D eigenvalue weighted by Crippen LogP contribution is -2.47. The molecule has 0 aliphatic carbocycles. The highest BCUT2D eigenvalue weighted by atomic mass is 16.4. The number of nitrogens with one attached hydrogen (secondary N) is 2. The quantitative estimate of drug-likeness (QED) is 0.490. The van der Waals surface area contributed by atoms with Crippen LogP contribution in [0, 0.1) is 5.92 Å². The Morgan fingerprint density at radius 1 is 1.29 bits per heavy atom. The van der Waals surface area contributed by atoms with Crippen LogP contribution in [0.25, 0.3) is 0 Å². The summed E-state index contributed by atoms with van der Waals surface area (Å²) < 4.78 is 0. The van der Waals surface area contributed by atoms with Gasteiger partial charge in [-0.1, -0.05) is 13.8 Å². The lowest BCUT2D eigenvalue weighted by atomic mass is 10.1. The molecule has 1 atom stereocenters. The zero-order chi connectivity index (χ0) is 13.4. The van der Waals surface area contributed by atoms with Gasteiger partial charge in [0.15, 0.2) is 0 Å². The molecule has 0 aromatic carbocycles. The molecule has 98 valence electrons. The number of rotatable bonds is 7. The van der Waals surface area contributed by atoms with Crippen LogP contribution < -0.4 is 16.4 Å². The van der Waals surface area contributed by atoms with Gasteiger partial charge in [0.25, 0.3) is 0 Å². The van der Waals surface area contributed by atoms with Crippen molar-refractivity contribution in [2.24, 2.45) is 11.7 Å². The highest BCUT2D eigenvalue weighted by Crippen LogP contribution is 1.96. The van der Waals surface area contributed by atoms with Gasteiger partial charge < -0.3 is 21.5 Å². The van der Waals surface area contributed by atoms with E-state index in [9.17, 15) is 14.4 Å². The van der Waals surface area contributed by atoms with Gasteiger partial charge in [-0.2, -0.15) is 0 Å². The average Bonchev–Trinajstić information content (AvgIpc) is 2.15. The monoisotopic (exact) mass is 245 g/mol. The second-order valence-corrected chi connectivity index (χ2v) is 4.14. The number of carboxylic acid groups (broad SMARTS) is 1. The van der Waals surface area contributed by atoms with Crippen LogP contribution in [0.1, 0.15) is 26.7 Å². The van der Waals surface area contributed by atoms with Gasteiger partial charge >= 0.3 is 12.0 Å². The second-order valence-electron chi connectivity index (χ2n) is 4.14. The Morgan fingerprint density at radius 2 is 1.88 bits per heavy atom. The van der Waals surface area contributed by atoms with Crippen LogP contribution >= 0.6 is 0 Å². The standard InChI is InChI=1S/C10H19N3O4/c1-6(2)3-4-12-10(17)13-7(9(15)16)5-8(11)14/h6-7H,3-5H2,1-2H3,(H2,11,14)(H,15,16)(H2,12,13,17)/t7-/m0/s1. The Balaban J connectivity index is 4.04. The molecule has 0 aromatic heterocycles. The molecule has 0 unspecified atom stereocenters. The molecule has 5 N–H and O–H groups in total. The van der Waals surface area contributed by atoms with E-state index < -0.39 is 30.4 Å². The van der Waals surface area contributed by atoms with Crippen molar-refractivity contribution in [3.8, 4) is 0 Å². The lowest BCUT2D eigenvalue weighted by molar-refractivity contribution is -0.140. The first kappa shape index (κ1) is 15.2. The summed E-state index contributed by atoms with van der Waals surface area (Å²) in [6.45, 7) is 4.46. The molecule has 0 saturated heterocycles. The number of carboxylic acids is 1. The summed E-state index contributed by atoms with van der Waals surface area (Å²) in [6, 6.07) is -1.90. The van der Waals surface area contributed by atoms with Crippen LogP contribution in [0.15, 0.2) is 0 Å². The molecule has 0 aliphatic rings. The largest absolute Gasteiger partial charge is 0.480 e. The van der Waals surface area contributed by atoms with Gasteiger partial charge in [0, 0.05) is 6.54 Å². The summed E-state index contributed by atoms with van der Waals surface area (Å²) in [5.41, 5.74) is 4.87. The number of hydrogen-bond donors (Lipinski definition) is 4. The van der Waals surface area contributed by atoms with Gasteiger partial charge in [0.05, 0.1) is 6.42 Å². The maximum Gasteiger partial charge on any atom is 0.326 e. The average molecular weight is 245 g/mol. The van der Waals surface area contributed by atoms with Crippen LogP contribution in [-0.4, -0.2) is 35.6 Å². The Bertz CT molecular complexity index is 291. The van der Waals surface area contributed by atoms with E-state index in [1.165, 1.54) is 0 Å². The smallest absolute Gasteiger partial charge is 0.326 e. The van der Waals surface area contributed by atoms with Gasteiger partial charge in [0.1, 0.15) is 6.04 Å². The van der Waals surface area contributed by atoms with Gasteiger partial charge in [-0.15, -0.1) is 0 Å². The molecule has 0 aliphatic heterocycles. The highest BCUT2D eigenvalue weighted by Gasteiger charge is 2.21. The van der Waals surface area contributed by atoms with Gasteiger partial charge in [-0.25, -0.2) is 9.59 Å². The zero-order valence-electron chi connectivity index (χ0n) is 10.0. The van der Waals surface area contributed by atoms with E-state index in [1.54, 1.807) is 0 Å². The molecule has 0 fully saturated rings. The Kier molecular flexibility index (Phi) is 6.69. The number of aliphatic carboxylic acids is 1. The molecule has 17 heavy (non-hydrogen) atoms.